The molecule has 1 aromatic rings. The highest BCUT2D eigenvalue weighted by Gasteiger charge is 2.25. The van der Waals surface area contributed by atoms with Crippen LogP contribution in [0.25, 0.3) is 0 Å². The normalized spacial score (nSPS) is 23.6. The number of amides is 3. The fourth-order valence-electron chi connectivity index (χ4n) is 3.15. The summed E-state index contributed by atoms with van der Waals surface area (Å²) in [5.74, 6) is 1.24. The van der Waals surface area contributed by atoms with E-state index in [-0.39, 0.29) is 30.4 Å². The zero-order chi connectivity index (χ0) is 19.9. The number of rotatable bonds is 6. The van der Waals surface area contributed by atoms with Gasteiger partial charge in [-0.15, -0.1) is 0 Å². The standard InChI is InChI=1S/C18H28N6O4/c1-11-9-16(20-6-5-19-12(2)25)23-17(21-11)24-18(26)22-13-3-4-14-15(10-13)28-8-7-27-14/h3-4,10-11,16-17,20-21,23H,5-9H2,1-2H3,(H,19,25)(H2,22,24,26). The molecule has 0 aliphatic carbocycles. The summed E-state index contributed by atoms with van der Waals surface area (Å²) in [5.41, 5.74) is 0.621. The molecular weight excluding hydrogens is 364 g/mol. The van der Waals surface area contributed by atoms with Gasteiger partial charge in [0.1, 0.15) is 19.5 Å². The summed E-state index contributed by atoms with van der Waals surface area (Å²) in [6, 6.07) is 5.15. The van der Waals surface area contributed by atoms with E-state index in [1.165, 1.54) is 6.92 Å². The van der Waals surface area contributed by atoms with E-state index in [0.29, 0.717) is 43.5 Å². The Morgan fingerprint density at radius 3 is 2.71 bits per heavy atom. The van der Waals surface area contributed by atoms with Crippen molar-refractivity contribution in [2.24, 2.45) is 0 Å². The minimum atomic E-state index is -0.390. The Morgan fingerprint density at radius 2 is 1.93 bits per heavy atom. The van der Waals surface area contributed by atoms with Crippen molar-refractivity contribution >= 4 is 17.6 Å². The van der Waals surface area contributed by atoms with Crippen molar-refractivity contribution in [2.45, 2.75) is 38.8 Å². The third-order valence-electron chi connectivity index (χ3n) is 4.37. The fraction of sp³-hybridized carbons (Fsp3) is 0.556. The number of benzene rings is 1. The lowest BCUT2D eigenvalue weighted by Gasteiger charge is -2.36. The molecule has 154 valence electrons. The van der Waals surface area contributed by atoms with E-state index < -0.39 is 0 Å². The zero-order valence-corrected chi connectivity index (χ0v) is 16.1. The Bertz CT molecular complexity index is 701. The number of carbonyl (C=O) groups excluding carboxylic acids is 2. The first kappa shape index (κ1) is 20.2. The maximum atomic E-state index is 12.4. The van der Waals surface area contributed by atoms with Crippen LogP contribution in [0.1, 0.15) is 20.3 Å². The Balaban J connectivity index is 1.46. The number of carbonyl (C=O) groups is 2. The first-order valence-electron chi connectivity index (χ1n) is 9.46. The molecule has 10 heteroatoms. The predicted octanol–water partition coefficient (Wildman–Crippen LogP) is -0.114. The molecule has 0 saturated carbocycles. The molecule has 10 nitrogen and oxygen atoms in total. The SMILES string of the molecule is CC(=O)NCCNC1CC(C)NC(NC(=O)Nc2ccc3c(c2)OCCO3)N1. The molecule has 2 aliphatic heterocycles. The maximum absolute atomic E-state index is 12.4. The molecule has 1 fully saturated rings. The van der Waals surface area contributed by atoms with Crippen LogP contribution in [0.3, 0.4) is 0 Å². The van der Waals surface area contributed by atoms with Crippen LogP contribution >= 0.6 is 0 Å². The van der Waals surface area contributed by atoms with E-state index >= 15 is 0 Å². The van der Waals surface area contributed by atoms with Gasteiger partial charge in [0.2, 0.25) is 5.91 Å². The largest absolute Gasteiger partial charge is 0.486 e. The van der Waals surface area contributed by atoms with Crippen LogP contribution in [-0.2, 0) is 4.79 Å². The van der Waals surface area contributed by atoms with Crippen molar-refractivity contribution in [2.75, 3.05) is 31.6 Å². The van der Waals surface area contributed by atoms with Crippen molar-refractivity contribution in [1.82, 2.24) is 26.6 Å². The summed E-state index contributed by atoms with van der Waals surface area (Å²) in [6.45, 7) is 5.75. The fourth-order valence-corrected chi connectivity index (χ4v) is 3.15. The van der Waals surface area contributed by atoms with Crippen molar-refractivity contribution in [1.29, 1.82) is 0 Å². The molecule has 0 bridgehead atoms. The van der Waals surface area contributed by atoms with Crippen molar-refractivity contribution in [3.05, 3.63) is 18.2 Å². The van der Waals surface area contributed by atoms with Crippen LogP contribution in [0.2, 0.25) is 0 Å². The molecule has 3 rings (SSSR count). The quantitative estimate of drug-likeness (QED) is 0.373. The lowest BCUT2D eigenvalue weighted by Crippen LogP contribution is -2.68. The molecule has 2 aliphatic rings. The number of ether oxygens (including phenoxy) is 2. The number of nitrogens with one attached hydrogen (secondary N) is 6. The van der Waals surface area contributed by atoms with Gasteiger partial charge in [-0.2, -0.15) is 0 Å². The average Bonchev–Trinajstić information content (AvgIpc) is 2.64. The third-order valence-corrected chi connectivity index (χ3v) is 4.37. The molecule has 3 unspecified atom stereocenters. The first-order chi connectivity index (χ1) is 13.5. The molecular formula is C18H28N6O4. The van der Waals surface area contributed by atoms with Gasteiger partial charge in [0.05, 0.1) is 6.17 Å². The van der Waals surface area contributed by atoms with Gasteiger partial charge >= 0.3 is 6.03 Å². The summed E-state index contributed by atoms with van der Waals surface area (Å²) >= 11 is 0. The topological polar surface area (TPSA) is 125 Å². The Kier molecular flexibility index (Phi) is 6.90. The summed E-state index contributed by atoms with van der Waals surface area (Å²) in [7, 11) is 0. The molecule has 0 aromatic heterocycles. The number of hydrogen-bond acceptors (Lipinski definition) is 7. The van der Waals surface area contributed by atoms with Crippen molar-refractivity contribution < 1.29 is 19.1 Å². The first-order valence-corrected chi connectivity index (χ1v) is 9.46. The Morgan fingerprint density at radius 1 is 1.14 bits per heavy atom. The highest BCUT2D eigenvalue weighted by atomic mass is 16.6. The predicted molar refractivity (Wildman–Crippen MR) is 104 cm³/mol. The lowest BCUT2D eigenvalue weighted by atomic mass is 10.1. The molecule has 3 atom stereocenters. The highest BCUT2D eigenvalue weighted by molar-refractivity contribution is 5.89. The molecule has 1 aromatic carbocycles. The average molecular weight is 392 g/mol. The van der Waals surface area contributed by atoms with Gasteiger partial charge in [-0.3, -0.25) is 15.4 Å². The summed E-state index contributed by atoms with van der Waals surface area (Å²) < 4.78 is 11.0. The van der Waals surface area contributed by atoms with Crippen molar-refractivity contribution in [3.63, 3.8) is 0 Å². The smallest absolute Gasteiger partial charge is 0.321 e. The van der Waals surface area contributed by atoms with E-state index in [9.17, 15) is 9.59 Å². The summed E-state index contributed by atoms with van der Waals surface area (Å²) in [4.78, 5) is 23.3. The molecule has 2 heterocycles. The number of hydrogen-bond donors (Lipinski definition) is 6. The zero-order valence-electron chi connectivity index (χ0n) is 16.1. The molecule has 0 spiro atoms. The summed E-state index contributed by atoms with van der Waals surface area (Å²) in [6.07, 6.45) is 0.478. The van der Waals surface area contributed by atoms with Gasteiger partial charge in [0, 0.05) is 37.8 Å². The number of fused-ring (bicyclic) bond motifs is 1. The summed E-state index contributed by atoms with van der Waals surface area (Å²) in [5, 5.41) is 18.3. The second-order valence-corrected chi connectivity index (χ2v) is 6.85. The van der Waals surface area contributed by atoms with Gasteiger partial charge in [-0.1, -0.05) is 0 Å². The van der Waals surface area contributed by atoms with Crippen LogP contribution in [0, 0.1) is 0 Å². The van der Waals surface area contributed by atoms with Gasteiger partial charge < -0.3 is 30.7 Å². The highest BCUT2D eigenvalue weighted by Crippen LogP contribution is 2.32. The van der Waals surface area contributed by atoms with E-state index in [2.05, 4.69) is 38.8 Å². The number of anilines is 1. The van der Waals surface area contributed by atoms with E-state index in [1.807, 2.05) is 0 Å². The van der Waals surface area contributed by atoms with Gasteiger partial charge in [0.25, 0.3) is 0 Å². The maximum Gasteiger partial charge on any atom is 0.321 e. The van der Waals surface area contributed by atoms with E-state index in [1.54, 1.807) is 18.2 Å². The lowest BCUT2D eigenvalue weighted by molar-refractivity contribution is -0.118. The minimum Gasteiger partial charge on any atom is -0.486 e. The molecule has 28 heavy (non-hydrogen) atoms. The molecule has 3 amide bonds. The Labute approximate surface area is 164 Å². The van der Waals surface area contributed by atoms with E-state index in [0.717, 1.165) is 6.42 Å². The Hall–Kier alpha value is -2.56. The van der Waals surface area contributed by atoms with Crippen LogP contribution in [-0.4, -0.2) is 56.7 Å². The van der Waals surface area contributed by atoms with Gasteiger partial charge in [-0.05, 0) is 25.5 Å². The molecule has 0 radical (unpaired) electrons. The van der Waals surface area contributed by atoms with Crippen LogP contribution in [0.15, 0.2) is 18.2 Å². The van der Waals surface area contributed by atoms with Gasteiger partial charge in [-0.25, -0.2) is 4.79 Å². The second-order valence-electron chi connectivity index (χ2n) is 6.85. The molecule has 6 N–H and O–H groups in total. The van der Waals surface area contributed by atoms with Crippen molar-refractivity contribution in [3.8, 4) is 11.5 Å². The number of urea groups is 1. The second kappa shape index (κ2) is 9.58. The molecule has 1 saturated heterocycles. The van der Waals surface area contributed by atoms with Crippen LogP contribution < -0.4 is 41.4 Å². The monoisotopic (exact) mass is 392 g/mol. The van der Waals surface area contributed by atoms with Crippen LogP contribution in [0.5, 0.6) is 11.5 Å². The van der Waals surface area contributed by atoms with Gasteiger partial charge in [0.15, 0.2) is 11.5 Å². The van der Waals surface area contributed by atoms with Crippen LogP contribution in [0.4, 0.5) is 10.5 Å². The van der Waals surface area contributed by atoms with E-state index in [4.69, 9.17) is 9.47 Å². The third kappa shape index (κ3) is 5.98. The minimum absolute atomic E-state index is 0.0181.